The summed E-state index contributed by atoms with van der Waals surface area (Å²) in [5.74, 6) is -0.227. The Morgan fingerprint density at radius 3 is 2.50 bits per heavy atom. The van der Waals surface area contributed by atoms with Gasteiger partial charge in [0.05, 0.1) is 0 Å². The number of anilines is 1. The minimum atomic E-state index is -5.00. The molecular formula is C9H8BF3KNO. The third kappa shape index (κ3) is 2.89. The van der Waals surface area contributed by atoms with E-state index in [-0.39, 0.29) is 75.7 Å². The van der Waals surface area contributed by atoms with E-state index in [0.717, 1.165) is 6.07 Å². The largest absolute Gasteiger partial charge is 1.00 e. The van der Waals surface area contributed by atoms with E-state index in [1.807, 2.05) is 0 Å². The Labute approximate surface area is 133 Å². The van der Waals surface area contributed by atoms with Crippen LogP contribution in [0.1, 0.15) is 12.0 Å². The van der Waals surface area contributed by atoms with E-state index in [1.165, 1.54) is 12.1 Å². The average molecular weight is 253 g/mol. The fourth-order valence-corrected chi connectivity index (χ4v) is 1.76. The van der Waals surface area contributed by atoms with Crippen molar-refractivity contribution in [1.29, 1.82) is 0 Å². The van der Waals surface area contributed by atoms with Crippen molar-refractivity contribution in [1.82, 2.24) is 0 Å². The van der Waals surface area contributed by atoms with Crippen LogP contribution >= 0.6 is 0 Å². The minimum absolute atomic E-state index is 0. The summed E-state index contributed by atoms with van der Waals surface area (Å²) in [6.07, 6.45) is 0.286. The molecule has 1 aliphatic heterocycles. The SMILES string of the molecule is O=C1CCc2c(cccc2[B-](F)(F)F)N1.[K+]. The molecule has 0 saturated heterocycles. The first kappa shape index (κ1) is 14.2. The van der Waals surface area contributed by atoms with Crippen molar-refractivity contribution in [2.24, 2.45) is 0 Å². The summed E-state index contributed by atoms with van der Waals surface area (Å²) in [4.78, 5) is 11.0. The zero-order valence-electron chi connectivity index (χ0n) is 8.77. The Balaban J connectivity index is 0.00000128. The molecule has 0 atom stereocenters. The second-order valence-electron chi connectivity index (χ2n) is 3.50. The molecule has 1 heterocycles. The Morgan fingerprint density at radius 2 is 1.88 bits per heavy atom. The number of hydrogen-bond donors (Lipinski definition) is 1. The fourth-order valence-electron chi connectivity index (χ4n) is 1.76. The van der Waals surface area contributed by atoms with Gasteiger partial charge in [0.25, 0.3) is 0 Å². The van der Waals surface area contributed by atoms with Crippen LogP contribution in [0.15, 0.2) is 18.2 Å². The molecule has 0 fully saturated rings. The number of benzene rings is 1. The van der Waals surface area contributed by atoms with Crippen molar-refractivity contribution in [2.75, 3.05) is 5.32 Å². The Hall–Kier alpha value is 0.181. The molecule has 2 nitrogen and oxygen atoms in total. The average Bonchev–Trinajstić information content (AvgIpc) is 2.15. The second-order valence-corrected chi connectivity index (χ2v) is 3.50. The van der Waals surface area contributed by atoms with E-state index in [1.54, 1.807) is 0 Å². The maximum absolute atomic E-state index is 12.6. The van der Waals surface area contributed by atoms with Gasteiger partial charge in [-0.15, -0.1) is 5.46 Å². The number of amides is 1. The van der Waals surface area contributed by atoms with Gasteiger partial charge in [0.15, 0.2) is 0 Å². The van der Waals surface area contributed by atoms with Crippen molar-refractivity contribution < 1.29 is 69.1 Å². The number of nitrogens with one attached hydrogen (secondary N) is 1. The Morgan fingerprint density at radius 1 is 1.19 bits per heavy atom. The topological polar surface area (TPSA) is 29.1 Å². The van der Waals surface area contributed by atoms with Gasteiger partial charge in [0, 0.05) is 12.1 Å². The van der Waals surface area contributed by atoms with Crippen LogP contribution in [0.2, 0.25) is 0 Å². The number of rotatable bonds is 1. The monoisotopic (exact) mass is 253 g/mol. The van der Waals surface area contributed by atoms with E-state index in [0.29, 0.717) is 5.69 Å². The molecule has 1 amide bonds. The number of fused-ring (bicyclic) bond motifs is 1. The predicted molar refractivity (Wildman–Crippen MR) is 52.1 cm³/mol. The molecule has 2 rings (SSSR count). The quantitative estimate of drug-likeness (QED) is 0.615. The van der Waals surface area contributed by atoms with Crippen molar-refractivity contribution in [3.8, 4) is 0 Å². The molecule has 0 bridgehead atoms. The molecule has 1 N–H and O–H groups in total. The molecule has 0 saturated carbocycles. The number of carbonyl (C=O) groups is 1. The summed E-state index contributed by atoms with van der Waals surface area (Å²) in [5.41, 5.74) is -0.0833. The number of halogens is 3. The van der Waals surface area contributed by atoms with E-state index in [9.17, 15) is 17.7 Å². The molecule has 1 aliphatic rings. The zero-order valence-corrected chi connectivity index (χ0v) is 11.9. The molecule has 16 heavy (non-hydrogen) atoms. The molecule has 1 aromatic rings. The normalized spacial score (nSPS) is 14.8. The molecule has 7 heteroatoms. The Bertz CT molecular complexity index is 422. The molecule has 1 aromatic carbocycles. The molecule has 0 unspecified atom stereocenters. The van der Waals surface area contributed by atoms with E-state index in [2.05, 4.69) is 5.32 Å². The summed E-state index contributed by atoms with van der Waals surface area (Å²) in [5, 5.41) is 2.44. The van der Waals surface area contributed by atoms with Crippen LogP contribution in [0, 0.1) is 0 Å². The van der Waals surface area contributed by atoms with Crippen LogP contribution in [0.3, 0.4) is 0 Å². The maximum Gasteiger partial charge on any atom is 1.00 e. The summed E-state index contributed by atoms with van der Waals surface area (Å²) in [7, 11) is 0. The summed E-state index contributed by atoms with van der Waals surface area (Å²) in [6.45, 7) is -5.00. The summed E-state index contributed by atoms with van der Waals surface area (Å²) >= 11 is 0. The number of hydrogen-bond acceptors (Lipinski definition) is 1. The maximum atomic E-state index is 12.6. The first-order chi connectivity index (χ1) is 6.98. The number of carbonyl (C=O) groups excluding carboxylic acids is 1. The summed E-state index contributed by atoms with van der Waals surface area (Å²) in [6, 6.07) is 3.88. The van der Waals surface area contributed by atoms with Crippen LogP contribution < -0.4 is 62.2 Å². The molecule has 0 radical (unpaired) electrons. The first-order valence-corrected chi connectivity index (χ1v) is 4.60. The van der Waals surface area contributed by atoms with Crippen LogP contribution in [-0.4, -0.2) is 12.9 Å². The second kappa shape index (κ2) is 5.22. The van der Waals surface area contributed by atoms with Crippen molar-refractivity contribution in [3.63, 3.8) is 0 Å². The summed E-state index contributed by atoms with van der Waals surface area (Å²) < 4.78 is 37.9. The van der Waals surface area contributed by atoms with Gasteiger partial charge in [0.1, 0.15) is 0 Å². The van der Waals surface area contributed by atoms with E-state index in [4.69, 9.17) is 0 Å². The van der Waals surface area contributed by atoms with Gasteiger partial charge in [-0.05, 0) is 12.5 Å². The van der Waals surface area contributed by atoms with Gasteiger partial charge >= 0.3 is 58.4 Å². The van der Waals surface area contributed by atoms with Gasteiger partial charge in [0.2, 0.25) is 5.91 Å². The van der Waals surface area contributed by atoms with Crippen molar-refractivity contribution >= 4 is 24.0 Å². The van der Waals surface area contributed by atoms with Crippen LogP contribution in [-0.2, 0) is 11.2 Å². The zero-order chi connectivity index (χ0) is 11.1. The minimum Gasteiger partial charge on any atom is -0.445 e. The van der Waals surface area contributed by atoms with Crippen LogP contribution in [0.5, 0.6) is 0 Å². The van der Waals surface area contributed by atoms with Gasteiger partial charge in [-0.1, -0.05) is 17.7 Å². The Kier molecular flexibility index (Phi) is 4.65. The van der Waals surface area contributed by atoms with Crippen molar-refractivity contribution in [3.05, 3.63) is 23.8 Å². The van der Waals surface area contributed by atoms with Gasteiger partial charge in [-0.2, -0.15) is 0 Å². The van der Waals surface area contributed by atoms with Crippen molar-refractivity contribution in [2.45, 2.75) is 12.8 Å². The molecular weight excluding hydrogens is 245 g/mol. The molecule has 0 spiro atoms. The van der Waals surface area contributed by atoms with E-state index < -0.39 is 12.4 Å². The molecule has 0 aliphatic carbocycles. The standard InChI is InChI=1S/C9H8BF3NO.K/c11-10(12,13)7-2-1-3-8-6(7)4-5-9(15)14-8;/h1-3H,4-5H2,(H,14,15);/q-1;+1. The molecule has 0 aromatic heterocycles. The fraction of sp³-hybridized carbons (Fsp3) is 0.222. The van der Waals surface area contributed by atoms with Gasteiger partial charge in [-0.3, -0.25) is 4.79 Å². The van der Waals surface area contributed by atoms with E-state index >= 15 is 0 Å². The molecule has 80 valence electrons. The van der Waals surface area contributed by atoms with Crippen LogP contribution in [0.4, 0.5) is 18.6 Å². The third-order valence-corrected chi connectivity index (χ3v) is 2.44. The third-order valence-electron chi connectivity index (χ3n) is 2.44. The van der Waals surface area contributed by atoms with Gasteiger partial charge < -0.3 is 18.3 Å². The first-order valence-electron chi connectivity index (χ1n) is 4.60. The predicted octanol–water partition coefficient (Wildman–Crippen LogP) is -1.37. The van der Waals surface area contributed by atoms with Gasteiger partial charge in [-0.25, -0.2) is 0 Å². The smallest absolute Gasteiger partial charge is 0.445 e. The van der Waals surface area contributed by atoms with Crippen LogP contribution in [0.25, 0.3) is 0 Å².